The lowest BCUT2D eigenvalue weighted by Crippen LogP contribution is -2.18. The number of nitrogen functional groups attached to an aromatic ring is 1. The van der Waals surface area contributed by atoms with Crippen LogP contribution in [0.3, 0.4) is 0 Å². The van der Waals surface area contributed by atoms with Crippen LogP contribution < -0.4 is 11.1 Å². The molecule has 0 aromatic carbocycles. The van der Waals surface area contributed by atoms with Crippen LogP contribution in [-0.4, -0.2) is 16.1 Å². The van der Waals surface area contributed by atoms with Crippen molar-refractivity contribution in [1.29, 1.82) is 0 Å². The molecule has 0 radical (unpaired) electrons. The Morgan fingerprint density at radius 2 is 2.06 bits per heavy atom. The van der Waals surface area contributed by atoms with Gasteiger partial charge in [0, 0.05) is 18.2 Å². The van der Waals surface area contributed by atoms with Crippen molar-refractivity contribution in [3.05, 3.63) is 23.4 Å². The Hall–Kier alpha value is -0.550. The highest BCUT2D eigenvalue weighted by Gasteiger charge is 2.20. The fourth-order valence-electron chi connectivity index (χ4n) is 1.37. The highest BCUT2D eigenvalue weighted by Crippen LogP contribution is 2.19. The molecule has 4 nitrogen and oxygen atoms in total. The van der Waals surface area contributed by atoms with E-state index in [-0.39, 0.29) is 31.4 Å². The first kappa shape index (κ1) is 15.4. The average molecular weight is 266 g/mol. The van der Waals surface area contributed by atoms with Crippen LogP contribution in [0.1, 0.15) is 24.1 Å². The summed E-state index contributed by atoms with van der Waals surface area (Å²) in [5.41, 5.74) is 7.30. The lowest BCUT2D eigenvalue weighted by atomic mass is 10.2. The van der Waals surface area contributed by atoms with Gasteiger partial charge in [-0.1, -0.05) is 6.07 Å². The van der Waals surface area contributed by atoms with Gasteiger partial charge >= 0.3 is 0 Å². The Labute approximate surface area is 107 Å². The number of nitrogens with one attached hydrogen (secondary N) is 1. The summed E-state index contributed by atoms with van der Waals surface area (Å²) in [6.07, 6.45) is 2.49. The summed E-state index contributed by atoms with van der Waals surface area (Å²) in [5.74, 6) is 0.509. The molecular weight excluding hydrogens is 249 g/mol. The Morgan fingerprint density at radius 3 is 2.62 bits per heavy atom. The van der Waals surface area contributed by atoms with Crippen LogP contribution in [0.15, 0.2) is 12.1 Å². The first-order valence-electron chi connectivity index (χ1n) is 4.88. The summed E-state index contributed by atoms with van der Waals surface area (Å²) in [6.45, 7) is 0.723. The average Bonchev–Trinajstić information content (AvgIpc) is 2.98. The van der Waals surface area contributed by atoms with Crippen LogP contribution in [0.2, 0.25) is 0 Å². The third-order valence-corrected chi connectivity index (χ3v) is 2.40. The van der Waals surface area contributed by atoms with Crippen molar-refractivity contribution >= 4 is 30.6 Å². The minimum atomic E-state index is 0. The summed E-state index contributed by atoms with van der Waals surface area (Å²) in [4.78, 5) is 4.20. The third kappa shape index (κ3) is 4.14. The topological polar surface area (TPSA) is 71.2 Å². The van der Waals surface area contributed by atoms with Crippen molar-refractivity contribution in [2.75, 3.05) is 5.73 Å². The molecule has 6 heteroatoms. The first-order valence-corrected chi connectivity index (χ1v) is 4.88. The van der Waals surface area contributed by atoms with Gasteiger partial charge in [0.2, 0.25) is 0 Å². The molecule has 1 aromatic rings. The molecule has 0 atom stereocenters. The van der Waals surface area contributed by atoms with E-state index in [1.54, 1.807) is 6.07 Å². The first-order chi connectivity index (χ1) is 6.79. The van der Waals surface area contributed by atoms with E-state index in [0.717, 1.165) is 11.3 Å². The van der Waals surface area contributed by atoms with Crippen LogP contribution in [-0.2, 0) is 13.2 Å². The molecule has 0 spiro atoms. The van der Waals surface area contributed by atoms with E-state index in [4.69, 9.17) is 10.8 Å². The van der Waals surface area contributed by atoms with Crippen LogP contribution in [0.25, 0.3) is 0 Å². The summed E-state index contributed by atoms with van der Waals surface area (Å²) in [7, 11) is 0. The number of aliphatic hydroxyl groups is 1. The van der Waals surface area contributed by atoms with Gasteiger partial charge in [-0.25, -0.2) is 4.98 Å². The standard InChI is InChI=1S/C10H15N3O.2ClH/c11-10-4-1-7(6-14)9(13-10)5-12-8-2-3-8;;/h1,4,8,12,14H,2-3,5-6H2,(H2,11,13);2*1H. The number of halogens is 2. The number of rotatable bonds is 4. The summed E-state index contributed by atoms with van der Waals surface area (Å²) >= 11 is 0. The van der Waals surface area contributed by atoms with Gasteiger partial charge in [-0.05, 0) is 18.9 Å². The van der Waals surface area contributed by atoms with Crippen LogP contribution in [0, 0.1) is 0 Å². The van der Waals surface area contributed by atoms with Crippen molar-refractivity contribution in [1.82, 2.24) is 10.3 Å². The molecule has 1 saturated carbocycles. The summed E-state index contributed by atoms with van der Waals surface area (Å²) in [6, 6.07) is 4.18. The number of nitrogens with zero attached hydrogens (tertiary/aromatic N) is 1. The van der Waals surface area contributed by atoms with E-state index in [9.17, 15) is 0 Å². The Morgan fingerprint density at radius 1 is 1.38 bits per heavy atom. The molecule has 0 amide bonds. The molecule has 16 heavy (non-hydrogen) atoms. The van der Waals surface area contributed by atoms with Gasteiger partial charge in [0.25, 0.3) is 0 Å². The third-order valence-electron chi connectivity index (χ3n) is 2.40. The number of hydrogen-bond donors (Lipinski definition) is 3. The Kier molecular flexibility index (Phi) is 6.67. The van der Waals surface area contributed by atoms with Crippen LogP contribution in [0.5, 0.6) is 0 Å². The smallest absolute Gasteiger partial charge is 0.123 e. The zero-order chi connectivity index (χ0) is 9.97. The van der Waals surface area contributed by atoms with E-state index < -0.39 is 0 Å². The number of anilines is 1. The van der Waals surface area contributed by atoms with Crippen LogP contribution >= 0.6 is 24.8 Å². The molecule has 92 valence electrons. The number of hydrogen-bond acceptors (Lipinski definition) is 4. The zero-order valence-corrected chi connectivity index (χ0v) is 10.5. The number of pyridine rings is 1. The second-order valence-corrected chi connectivity index (χ2v) is 3.66. The van der Waals surface area contributed by atoms with Crippen LogP contribution in [0.4, 0.5) is 5.82 Å². The minimum absolute atomic E-state index is 0. The fraction of sp³-hybridized carbons (Fsp3) is 0.500. The van der Waals surface area contributed by atoms with Crippen molar-refractivity contribution in [3.63, 3.8) is 0 Å². The van der Waals surface area contributed by atoms with E-state index in [1.165, 1.54) is 12.8 Å². The van der Waals surface area contributed by atoms with Gasteiger partial charge < -0.3 is 16.2 Å². The lowest BCUT2D eigenvalue weighted by Gasteiger charge is -2.07. The maximum atomic E-state index is 9.08. The highest BCUT2D eigenvalue weighted by molar-refractivity contribution is 5.85. The van der Waals surface area contributed by atoms with Crippen molar-refractivity contribution in [3.8, 4) is 0 Å². The van der Waals surface area contributed by atoms with E-state index >= 15 is 0 Å². The van der Waals surface area contributed by atoms with Gasteiger partial charge in [0.05, 0.1) is 12.3 Å². The molecule has 1 aromatic heterocycles. The molecule has 0 saturated heterocycles. The largest absolute Gasteiger partial charge is 0.392 e. The number of aromatic nitrogens is 1. The molecule has 1 fully saturated rings. The van der Waals surface area contributed by atoms with Gasteiger partial charge in [-0.15, -0.1) is 24.8 Å². The van der Waals surface area contributed by atoms with Gasteiger partial charge in [0.1, 0.15) is 5.82 Å². The molecule has 0 bridgehead atoms. The fourth-order valence-corrected chi connectivity index (χ4v) is 1.37. The molecule has 0 aliphatic heterocycles. The summed E-state index contributed by atoms with van der Waals surface area (Å²) < 4.78 is 0. The Balaban J connectivity index is 0.00000112. The highest BCUT2D eigenvalue weighted by atomic mass is 35.5. The molecular formula is C10H17Cl2N3O. The molecule has 1 heterocycles. The van der Waals surface area contributed by atoms with Crippen molar-refractivity contribution in [2.45, 2.75) is 32.0 Å². The van der Waals surface area contributed by atoms with Crippen molar-refractivity contribution in [2.24, 2.45) is 0 Å². The predicted octanol–water partition coefficient (Wildman–Crippen LogP) is 1.25. The molecule has 2 rings (SSSR count). The van der Waals surface area contributed by atoms with E-state index in [1.807, 2.05) is 6.07 Å². The Bertz CT molecular complexity index is 332. The van der Waals surface area contributed by atoms with Crippen molar-refractivity contribution < 1.29 is 5.11 Å². The van der Waals surface area contributed by atoms with Gasteiger partial charge in [0.15, 0.2) is 0 Å². The molecule has 1 aliphatic rings. The maximum Gasteiger partial charge on any atom is 0.123 e. The normalized spacial score (nSPS) is 13.8. The van der Waals surface area contributed by atoms with Gasteiger partial charge in [-0.2, -0.15) is 0 Å². The van der Waals surface area contributed by atoms with E-state index in [2.05, 4.69) is 10.3 Å². The van der Waals surface area contributed by atoms with Gasteiger partial charge in [-0.3, -0.25) is 0 Å². The zero-order valence-electron chi connectivity index (χ0n) is 8.85. The summed E-state index contributed by atoms with van der Waals surface area (Å²) in [5, 5.41) is 12.4. The molecule has 4 N–H and O–H groups in total. The minimum Gasteiger partial charge on any atom is -0.392 e. The molecule has 1 aliphatic carbocycles. The number of nitrogens with two attached hydrogens (primary N) is 1. The molecule has 0 unspecified atom stereocenters. The SMILES string of the molecule is Cl.Cl.Nc1ccc(CO)c(CNC2CC2)n1. The quantitative estimate of drug-likeness (QED) is 0.767. The predicted molar refractivity (Wildman–Crippen MR) is 68.9 cm³/mol. The lowest BCUT2D eigenvalue weighted by molar-refractivity contribution is 0.279. The van der Waals surface area contributed by atoms with E-state index in [0.29, 0.717) is 18.4 Å². The number of aliphatic hydroxyl groups excluding tert-OH is 1. The second-order valence-electron chi connectivity index (χ2n) is 3.66. The second kappa shape index (κ2) is 6.91. The monoisotopic (exact) mass is 265 g/mol. The maximum absolute atomic E-state index is 9.08.